The van der Waals surface area contributed by atoms with Crippen LogP contribution in [0.2, 0.25) is 0 Å². The molecule has 0 spiro atoms. The van der Waals surface area contributed by atoms with Gasteiger partial charge in [-0.05, 0) is 63.9 Å². The molecule has 0 aliphatic heterocycles. The van der Waals surface area contributed by atoms with Crippen LogP contribution in [0.1, 0.15) is 50.1 Å². The van der Waals surface area contributed by atoms with E-state index in [1.165, 1.54) is 10.9 Å². The molecule has 8 heteroatoms. The zero-order valence-electron chi connectivity index (χ0n) is 20.8. The van der Waals surface area contributed by atoms with E-state index in [0.29, 0.717) is 17.0 Å². The highest BCUT2D eigenvalue weighted by Gasteiger charge is 2.25. The van der Waals surface area contributed by atoms with Gasteiger partial charge in [-0.1, -0.05) is 29.8 Å². The van der Waals surface area contributed by atoms with Crippen molar-refractivity contribution in [2.24, 2.45) is 0 Å². The first-order valence-corrected chi connectivity index (χ1v) is 11.7. The number of para-hydroxylation sites is 1. The van der Waals surface area contributed by atoms with Crippen LogP contribution in [0.15, 0.2) is 53.1 Å². The van der Waals surface area contributed by atoms with E-state index >= 15 is 0 Å². The van der Waals surface area contributed by atoms with Crippen LogP contribution in [0.25, 0.3) is 27.7 Å². The summed E-state index contributed by atoms with van der Waals surface area (Å²) in [5, 5.41) is 9.12. The largest absolute Gasteiger partial charge is 0.462 e. The number of benzene rings is 2. The molecule has 8 nitrogen and oxygen atoms in total. The lowest BCUT2D eigenvalue weighted by Crippen LogP contribution is -2.18. The van der Waals surface area contributed by atoms with Crippen LogP contribution in [0.3, 0.4) is 0 Å². The number of anilines is 1. The lowest BCUT2D eigenvalue weighted by Gasteiger charge is -2.13. The van der Waals surface area contributed by atoms with Gasteiger partial charge in [0, 0.05) is 16.3 Å². The SMILES string of the molecule is CCOC(=O)c1cnn(-c2cc(C)c3cc(C)cc(C)c3n2)c1NC(=O)c1oc2ccccc2c1C. The van der Waals surface area contributed by atoms with E-state index in [0.717, 1.165) is 33.0 Å². The predicted molar refractivity (Wildman–Crippen MR) is 138 cm³/mol. The second kappa shape index (κ2) is 8.96. The Morgan fingerprint density at radius 2 is 1.81 bits per heavy atom. The number of ether oxygens (including phenoxy) is 1. The third-order valence-corrected chi connectivity index (χ3v) is 6.21. The first kappa shape index (κ1) is 23.3. The molecule has 5 rings (SSSR count). The third kappa shape index (κ3) is 3.90. The van der Waals surface area contributed by atoms with Crippen LogP contribution in [0.4, 0.5) is 5.82 Å². The minimum Gasteiger partial charge on any atom is -0.462 e. The Morgan fingerprint density at radius 3 is 2.56 bits per heavy atom. The first-order chi connectivity index (χ1) is 17.3. The molecule has 182 valence electrons. The summed E-state index contributed by atoms with van der Waals surface area (Å²) in [6.07, 6.45) is 1.38. The molecule has 0 bridgehead atoms. The molecular weight excluding hydrogens is 456 g/mol. The topological polar surface area (TPSA) is 99.2 Å². The summed E-state index contributed by atoms with van der Waals surface area (Å²) in [5.41, 5.74) is 5.44. The Hall–Kier alpha value is -4.46. The van der Waals surface area contributed by atoms with Gasteiger partial charge in [-0.25, -0.2) is 9.78 Å². The van der Waals surface area contributed by atoms with E-state index in [1.54, 1.807) is 13.0 Å². The Balaban J connectivity index is 1.64. The molecule has 3 aromatic heterocycles. The number of fused-ring (bicyclic) bond motifs is 2. The molecular formula is C28H26N4O4. The van der Waals surface area contributed by atoms with Gasteiger partial charge in [0.2, 0.25) is 0 Å². The summed E-state index contributed by atoms with van der Waals surface area (Å²) in [4.78, 5) is 30.9. The average molecular weight is 483 g/mol. The summed E-state index contributed by atoms with van der Waals surface area (Å²) in [7, 11) is 0. The van der Waals surface area contributed by atoms with Crippen molar-refractivity contribution in [2.45, 2.75) is 34.6 Å². The van der Waals surface area contributed by atoms with Crippen molar-refractivity contribution in [3.05, 3.63) is 82.2 Å². The van der Waals surface area contributed by atoms with Gasteiger partial charge >= 0.3 is 5.97 Å². The van der Waals surface area contributed by atoms with Gasteiger partial charge in [0.25, 0.3) is 5.91 Å². The minimum absolute atomic E-state index is 0.124. The van der Waals surface area contributed by atoms with Crippen molar-refractivity contribution in [1.82, 2.24) is 14.8 Å². The number of amides is 1. The molecule has 5 aromatic rings. The van der Waals surface area contributed by atoms with Crippen molar-refractivity contribution >= 4 is 39.6 Å². The van der Waals surface area contributed by atoms with Crippen molar-refractivity contribution in [3.8, 4) is 5.82 Å². The number of aromatic nitrogens is 3. The van der Waals surface area contributed by atoms with Gasteiger partial charge in [0.1, 0.15) is 11.1 Å². The molecule has 0 aliphatic carbocycles. The second-order valence-electron chi connectivity index (χ2n) is 8.82. The Bertz CT molecular complexity index is 1660. The molecule has 3 heterocycles. The van der Waals surface area contributed by atoms with Crippen LogP contribution in [0.5, 0.6) is 0 Å². The highest BCUT2D eigenvalue weighted by molar-refractivity contribution is 6.09. The highest BCUT2D eigenvalue weighted by atomic mass is 16.5. The number of carbonyl (C=O) groups excluding carboxylic acids is 2. The van der Waals surface area contributed by atoms with E-state index < -0.39 is 11.9 Å². The van der Waals surface area contributed by atoms with Gasteiger partial charge in [0.05, 0.1) is 18.3 Å². The number of esters is 1. The van der Waals surface area contributed by atoms with Crippen LogP contribution < -0.4 is 5.32 Å². The number of hydrogen-bond donors (Lipinski definition) is 1. The van der Waals surface area contributed by atoms with Crippen LogP contribution in [0, 0.1) is 27.7 Å². The number of furan rings is 1. The molecule has 0 unspecified atom stereocenters. The Kier molecular flexibility index (Phi) is 5.80. The zero-order valence-corrected chi connectivity index (χ0v) is 20.8. The summed E-state index contributed by atoms with van der Waals surface area (Å²) < 4.78 is 12.5. The number of hydrogen-bond acceptors (Lipinski definition) is 6. The molecule has 0 aliphatic rings. The van der Waals surface area contributed by atoms with Crippen LogP contribution >= 0.6 is 0 Å². The summed E-state index contributed by atoms with van der Waals surface area (Å²) >= 11 is 0. The smallest absolute Gasteiger partial charge is 0.343 e. The molecule has 1 amide bonds. The van der Waals surface area contributed by atoms with E-state index in [-0.39, 0.29) is 23.7 Å². The fourth-order valence-electron chi connectivity index (χ4n) is 4.49. The number of aryl methyl sites for hydroxylation is 4. The van der Waals surface area contributed by atoms with Crippen molar-refractivity contribution in [3.63, 3.8) is 0 Å². The van der Waals surface area contributed by atoms with E-state index in [4.69, 9.17) is 14.1 Å². The molecule has 0 fully saturated rings. The maximum atomic E-state index is 13.4. The molecule has 36 heavy (non-hydrogen) atoms. The van der Waals surface area contributed by atoms with E-state index in [9.17, 15) is 9.59 Å². The standard InChI is InChI=1S/C28H26N4O4/c1-6-35-28(34)21-14-29-32(23-13-16(3)20-12-15(2)11-17(4)24(20)30-23)26(21)31-27(33)25-18(5)19-9-7-8-10-22(19)36-25/h7-14H,6H2,1-5H3,(H,31,33). The first-order valence-electron chi connectivity index (χ1n) is 11.7. The third-order valence-electron chi connectivity index (χ3n) is 6.21. The molecule has 1 N–H and O–H groups in total. The number of rotatable bonds is 5. The quantitative estimate of drug-likeness (QED) is 0.317. The van der Waals surface area contributed by atoms with Crippen LogP contribution in [-0.2, 0) is 4.74 Å². The second-order valence-corrected chi connectivity index (χ2v) is 8.82. The number of carbonyl (C=O) groups is 2. The van der Waals surface area contributed by atoms with Gasteiger partial charge in [-0.2, -0.15) is 9.78 Å². The molecule has 0 radical (unpaired) electrons. The maximum Gasteiger partial charge on any atom is 0.343 e. The molecule has 0 atom stereocenters. The van der Waals surface area contributed by atoms with E-state index in [1.807, 2.05) is 52.0 Å². The van der Waals surface area contributed by atoms with Gasteiger partial charge in [-0.3, -0.25) is 4.79 Å². The number of pyridine rings is 1. The monoisotopic (exact) mass is 482 g/mol. The molecule has 2 aromatic carbocycles. The fraction of sp³-hybridized carbons (Fsp3) is 0.214. The Labute approximate surface area is 207 Å². The zero-order chi connectivity index (χ0) is 25.6. The summed E-state index contributed by atoms with van der Waals surface area (Å²) in [5.74, 6) is -0.300. The lowest BCUT2D eigenvalue weighted by atomic mass is 10.0. The normalized spacial score (nSPS) is 11.2. The van der Waals surface area contributed by atoms with Gasteiger partial charge in [-0.15, -0.1) is 0 Å². The molecule has 0 saturated heterocycles. The minimum atomic E-state index is -0.593. The van der Waals surface area contributed by atoms with Crippen molar-refractivity contribution < 1.29 is 18.7 Å². The Morgan fingerprint density at radius 1 is 1.03 bits per heavy atom. The molecule has 0 saturated carbocycles. The van der Waals surface area contributed by atoms with Gasteiger partial charge < -0.3 is 14.5 Å². The lowest BCUT2D eigenvalue weighted by molar-refractivity contribution is 0.0527. The summed E-state index contributed by atoms with van der Waals surface area (Å²) in [6.45, 7) is 9.78. The number of nitrogens with zero attached hydrogens (tertiary/aromatic N) is 3. The fourth-order valence-corrected chi connectivity index (χ4v) is 4.49. The van der Waals surface area contributed by atoms with Crippen molar-refractivity contribution in [1.29, 1.82) is 0 Å². The predicted octanol–water partition coefficient (Wildman–Crippen LogP) is 5.83. The summed E-state index contributed by atoms with van der Waals surface area (Å²) in [6, 6.07) is 13.5. The van der Waals surface area contributed by atoms with Gasteiger partial charge in [0.15, 0.2) is 17.4 Å². The highest BCUT2D eigenvalue weighted by Crippen LogP contribution is 2.29. The van der Waals surface area contributed by atoms with Crippen LogP contribution in [-0.4, -0.2) is 33.2 Å². The van der Waals surface area contributed by atoms with Crippen molar-refractivity contribution in [2.75, 3.05) is 11.9 Å². The average Bonchev–Trinajstić information content (AvgIpc) is 3.41. The van der Waals surface area contributed by atoms with E-state index in [2.05, 4.69) is 22.5 Å². The maximum absolute atomic E-state index is 13.4. The number of nitrogens with one attached hydrogen (secondary N) is 1.